The molecule has 3 aromatic rings. The summed E-state index contributed by atoms with van der Waals surface area (Å²) in [7, 11) is 0. The summed E-state index contributed by atoms with van der Waals surface area (Å²) in [5.74, 6) is -0.513. The van der Waals surface area contributed by atoms with Crippen molar-refractivity contribution in [2.45, 2.75) is 0 Å². The molecule has 0 spiro atoms. The number of rotatable bonds is 8. The number of aliphatic hydroxyl groups excluding tert-OH is 1. The number of carbonyl (C=O) groups is 1. The fourth-order valence-corrected chi connectivity index (χ4v) is 3.22. The van der Waals surface area contributed by atoms with Gasteiger partial charge in [-0.05, 0) is 54.6 Å². The minimum absolute atomic E-state index is 0.0175. The van der Waals surface area contributed by atoms with E-state index < -0.39 is 12.6 Å². The molecule has 0 saturated heterocycles. The first-order valence-electron chi connectivity index (χ1n) is 9.52. The van der Waals surface area contributed by atoms with Gasteiger partial charge in [0.2, 0.25) is 0 Å². The van der Waals surface area contributed by atoms with E-state index in [9.17, 15) is 14.3 Å². The molecule has 31 heavy (non-hydrogen) atoms. The van der Waals surface area contributed by atoms with Crippen molar-refractivity contribution in [2.75, 3.05) is 37.0 Å². The summed E-state index contributed by atoms with van der Waals surface area (Å²) in [5.41, 5.74) is 8.21. The summed E-state index contributed by atoms with van der Waals surface area (Å²) < 4.78 is 13.3. The summed E-state index contributed by atoms with van der Waals surface area (Å²) in [6.45, 7) is -0.578. The number of nitrogens with two attached hydrogens (primary N) is 1. The van der Waals surface area contributed by atoms with Crippen molar-refractivity contribution < 1.29 is 19.4 Å². The first-order chi connectivity index (χ1) is 14.9. The van der Waals surface area contributed by atoms with Gasteiger partial charge < -0.3 is 26.2 Å². The number of aliphatic hydroxyl groups is 1. The number of phenols is 1. The normalized spacial score (nSPS) is 10.7. The van der Waals surface area contributed by atoms with Gasteiger partial charge >= 0.3 is 0 Å². The van der Waals surface area contributed by atoms with Crippen molar-refractivity contribution in [3.63, 3.8) is 0 Å². The number of pyridine rings is 1. The molecule has 0 radical (unpaired) electrons. The molecule has 1 heterocycles. The van der Waals surface area contributed by atoms with E-state index in [1.54, 1.807) is 47.4 Å². The molecule has 0 atom stereocenters. The van der Waals surface area contributed by atoms with Crippen molar-refractivity contribution in [2.24, 2.45) is 0 Å². The highest BCUT2D eigenvalue weighted by molar-refractivity contribution is 6.30. The van der Waals surface area contributed by atoms with E-state index >= 15 is 0 Å². The average Bonchev–Trinajstić information content (AvgIpc) is 2.77. The third-order valence-corrected chi connectivity index (χ3v) is 4.83. The fraction of sp³-hybridized carbons (Fsp3) is 0.182. The zero-order valence-corrected chi connectivity index (χ0v) is 17.3. The van der Waals surface area contributed by atoms with E-state index in [4.69, 9.17) is 22.4 Å². The average molecular weight is 445 g/mol. The number of anilines is 3. The van der Waals surface area contributed by atoms with Crippen LogP contribution in [0.3, 0.4) is 0 Å². The highest BCUT2D eigenvalue weighted by Crippen LogP contribution is 2.35. The van der Waals surface area contributed by atoms with Gasteiger partial charge in [0.05, 0.1) is 24.4 Å². The van der Waals surface area contributed by atoms with E-state index in [2.05, 4.69) is 10.3 Å². The molecule has 0 aliphatic carbocycles. The van der Waals surface area contributed by atoms with Gasteiger partial charge in [0.1, 0.15) is 18.2 Å². The smallest absolute Gasteiger partial charge is 0.255 e. The number of hydrogen-bond acceptors (Lipinski definition) is 6. The van der Waals surface area contributed by atoms with Gasteiger partial charge in [-0.25, -0.2) is 9.37 Å². The van der Waals surface area contributed by atoms with E-state index in [1.807, 2.05) is 0 Å². The molecule has 0 aliphatic heterocycles. The van der Waals surface area contributed by atoms with Crippen molar-refractivity contribution >= 4 is 34.7 Å². The first-order valence-corrected chi connectivity index (χ1v) is 9.90. The minimum Gasteiger partial charge on any atom is -0.507 e. The SMILES string of the molecule is Nc1nc(-c2cc(N(CCF)c3ccc(Cl)cc3)ccc2O)ccc1C(=O)NCCO. The van der Waals surface area contributed by atoms with Gasteiger partial charge in [-0.15, -0.1) is 0 Å². The zero-order chi connectivity index (χ0) is 22.4. The fourth-order valence-electron chi connectivity index (χ4n) is 3.09. The number of halogens is 2. The van der Waals surface area contributed by atoms with Crippen LogP contribution < -0.4 is 16.0 Å². The Labute approximate surface area is 183 Å². The maximum Gasteiger partial charge on any atom is 0.255 e. The van der Waals surface area contributed by atoms with Gasteiger partial charge in [-0.3, -0.25) is 4.79 Å². The van der Waals surface area contributed by atoms with Crippen molar-refractivity contribution in [1.29, 1.82) is 0 Å². The highest BCUT2D eigenvalue weighted by atomic mass is 35.5. The summed E-state index contributed by atoms with van der Waals surface area (Å²) in [6, 6.07) is 14.9. The molecule has 9 heteroatoms. The zero-order valence-electron chi connectivity index (χ0n) is 16.6. The number of aromatic hydroxyl groups is 1. The molecule has 1 amide bonds. The Kier molecular flexibility index (Phi) is 7.28. The van der Waals surface area contributed by atoms with E-state index in [0.717, 1.165) is 5.69 Å². The Hall–Kier alpha value is -3.36. The summed E-state index contributed by atoms with van der Waals surface area (Å²) in [6.07, 6.45) is 0. The molecule has 0 bridgehead atoms. The van der Waals surface area contributed by atoms with Crippen molar-refractivity contribution in [1.82, 2.24) is 10.3 Å². The molecule has 0 unspecified atom stereocenters. The van der Waals surface area contributed by atoms with Gasteiger partial charge in [0.25, 0.3) is 5.91 Å². The number of nitrogens with one attached hydrogen (secondary N) is 1. The molecule has 0 fully saturated rings. The molecular weight excluding hydrogens is 423 g/mol. The van der Waals surface area contributed by atoms with E-state index in [0.29, 0.717) is 22.0 Å². The predicted octanol–water partition coefficient (Wildman–Crippen LogP) is 3.52. The minimum atomic E-state index is -0.582. The van der Waals surface area contributed by atoms with Crippen LogP contribution in [0, 0.1) is 0 Å². The number of carbonyl (C=O) groups excluding carboxylic acids is 1. The molecule has 162 valence electrons. The topological polar surface area (TPSA) is 112 Å². The molecule has 0 aliphatic rings. The van der Waals surface area contributed by atoms with Crippen LogP contribution >= 0.6 is 11.6 Å². The monoisotopic (exact) mass is 444 g/mol. The number of phenolic OH excluding ortho intramolecular Hbond substituents is 1. The lowest BCUT2D eigenvalue weighted by Crippen LogP contribution is -2.27. The van der Waals surface area contributed by atoms with Gasteiger partial charge in [-0.2, -0.15) is 0 Å². The number of aromatic nitrogens is 1. The Morgan fingerprint density at radius 3 is 2.48 bits per heavy atom. The number of amides is 1. The Bertz CT molecular complexity index is 1060. The van der Waals surface area contributed by atoms with E-state index in [-0.39, 0.29) is 36.8 Å². The van der Waals surface area contributed by atoms with Crippen LogP contribution in [0.25, 0.3) is 11.3 Å². The van der Waals surface area contributed by atoms with Crippen LogP contribution in [0.4, 0.5) is 21.6 Å². The molecule has 0 saturated carbocycles. The van der Waals surface area contributed by atoms with Crippen LogP contribution in [-0.4, -0.2) is 47.5 Å². The summed E-state index contributed by atoms with van der Waals surface area (Å²) in [5, 5.41) is 22.3. The third kappa shape index (κ3) is 5.22. The van der Waals surface area contributed by atoms with E-state index in [1.165, 1.54) is 12.1 Å². The first kappa shape index (κ1) is 22.3. The maximum atomic E-state index is 13.3. The molecular formula is C22H22ClFN4O3. The third-order valence-electron chi connectivity index (χ3n) is 4.58. The van der Waals surface area contributed by atoms with Crippen LogP contribution in [0.2, 0.25) is 5.02 Å². The lowest BCUT2D eigenvalue weighted by molar-refractivity contribution is 0.0945. The number of nitrogens with zero attached hydrogens (tertiary/aromatic N) is 2. The molecule has 2 aromatic carbocycles. The number of nitrogen functional groups attached to an aromatic ring is 1. The lowest BCUT2D eigenvalue weighted by Gasteiger charge is -2.24. The van der Waals surface area contributed by atoms with Gasteiger partial charge in [0.15, 0.2) is 0 Å². The van der Waals surface area contributed by atoms with Gasteiger partial charge in [-0.1, -0.05) is 11.6 Å². The summed E-state index contributed by atoms with van der Waals surface area (Å²) >= 11 is 5.96. The Balaban J connectivity index is 1.97. The number of alkyl halides is 1. The second-order valence-corrected chi connectivity index (χ2v) is 7.06. The number of hydrogen-bond donors (Lipinski definition) is 4. The summed E-state index contributed by atoms with van der Waals surface area (Å²) in [4.78, 5) is 18.1. The van der Waals surface area contributed by atoms with Gasteiger partial charge in [0, 0.05) is 28.5 Å². The van der Waals surface area contributed by atoms with Crippen LogP contribution in [-0.2, 0) is 0 Å². The number of benzene rings is 2. The second kappa shape index (κ2) is 10.1. The predicted molar refractivity (Wildman–Crippen MR) is 120 cm³/mol. The Morgan fingerprint density at radius 2 is 1.84 bits per heavy atom. The Morgan fingerprint density at radius 1 is 1.13 bits per heavy atom. The molecule has 5 N–H and O–H groups in total. The molecule has 3 rings (SSSR count). The molecule has 7 nitrogen and oxygen atoms in total. The quantitative estimate of drug-likeness (QED) is 0.423. The van der Waals surface area contributed by atoms with Crippen molar-refractivity contribution in [3.05, 3.63) is 65.2 Å². The molecule has 1 aromatic heterocycles. The second-order valence-electron chi connectivity index (χ2n) is 6.63. The maximum absolute atomic E-state index is 13.3. The largest absolute Gasteiger partial charge is 0.507 e. The highest BCUT2D eigenvalue weighted by Gasteiger charge is 2.16. The van der Waals surface area contributed by atoms with Crippen LogP contribution in [0.15, 0.2) is 54.6 Å². The lowest BCUT2D eigenvalue weighted by atomic mass is 10.1. The van der Waals surface area contributed by atoms with Crippen LogP contribution in [0.5, 0.6) is 5.75 Å². The van der Waals surface area contributed by atoms with Crippen LogP contribution in [0.1, 0.15) is 10.4 Å². The van der Waals surface area contributed by atoms with Crippen molar-refractivity contribution in [3.8, 4) is 17.0 Å². The standard InChI is InChI=1S/C22H22ClFN4O3/c23-14-1-3-15(4-2-14)28(11-9-24)16-5-8-20(30)18(13-16)19-7-6-17(21(25)27-19)22(31)26-10-12-29/h1-8,13,29-30H,9-12H2,(H2,25,27)(H,26,31).